The normalized spacial score (nSPS) is 33.1. The molecule has 27 heavy (non-hydrogen) atoms. The number of carbonyl (C=O) groups excluding carboxylic acids is 1. The van der Waals surface area contributed by atoms with Gasteiger partial charge < -0.3 is 10.2 Å². The zero-order valence-electron chi connectivity index (χ0n) is 16.3. The summed E-state index contributed by atoms with van der Waals surface area (Å²) in [5.41, 5.74) is 0.823. The van der Waals surface area contributed by atoms with E-state index in [0.717, 1.165) is 48.9 Å². The summed E-state index contributed by atoms with van der Waals surface area (Å²) in [7, 11) is 0. The van der Waals surface area contributed by atoms with Crippen LogP contribution in [-0.2, 0) is 4.79 Å². The summed E-state index contributed by atoms with van der Waals surface area (Å²) in [5.74, 6) is 3.66. The van der Waals surface area contributed by atoms with Crippen LogP contribution < -0.4 is 10.2 Å². The highest BCUT2D eigenvalue weighted by atomic mass is 16.2. The second kappa shape index (κ2) is 7.42. The molecule has 5 heteroatoms. The van der Waals surface area contributed by atoms with E-state index in [1.807, 2.05) is 12.3 Å². The molecule has 0 unspecified atom stereocenters. The molecule has 4 aliphatic heterocycles. The topological polar surface area (TPSA) is 48.5 Å². The smallest absolute Gasteiger partial charge is 0.238 e. The molecule has 1 aromatic heterocycles. The second-order valence-corrected chi connectivity index (χ2v) is 9.35. The third kappa shape index (κ3) is 3.84. The lowest BCUT2D eigenvalue weighted by Gasteiger charge is -2.44. The summed E-state index contributed by atoms with van der Waals surface area (Å²) in [5, 5.41) is 3.06. The first-order valence-corrected chi connectivity index (χ1v) is 11.0. The van der Waals surface area contributed by atoms with Gasteiger partial charge in [-0.25, -0.2) is 4.98 Å². The number of nitrogens with zero attached hydrogens (tertiary/aromatic N) is 3. The molecule has 0 spiro atoms. The van der Waals surface area contributed by atoms with E-state index in [9.17, 15) is 4.79 Å². The predicted molar refractivity (Wildman–Crippen MR) is 108 cm³/mol. The highest BCUT2D eigenvalue weighted by Gasteiger charge is 2.34. The van der Waals surface area contributed by atoms with Crippen LogP contribution >= 0.6 is 0 Å². The van der Waals surface area contributed by atoms with Gasteiger partial charge in [0.05, 0.1) is 18.4 Å². The van der Waals surface area contributed by atoms with E-state index in [2.05, 4.69) is 26.2 Å². The lowest BCUT2D eigenvalue weighted by molar-refractivity contribution is -0.119. The fourth-order valence-corrected chi connectivity index (χ4v) is 5.88. The summed E-state index contributed by atoms with van der Waals surface area (Å²) < 4.78 is 0. The molecule has 4 bridgehead atoms. The zero-order chi connectivity index (χ0) is 18.2. The Morgan fingerprint density at radius 3 is 2.11 bits per heavy atom. The first kappa shape index (κ1) is 17.5. The molecule has 2 saturated carbocycles. The molecule has 1 aromatic rings. The van der Waals surface area contributed by atoms with Crippen LogP contribution in [0, 0.1) is 17.8 Å². The molecule has 0 aromatic carbocycles. The molecule has 1 amide bonds. The Kier molecular flexibility index (Phi) is 4.80. The van der Waals surface area contributed by atoms with E-state index >= 15 is 0 Å². The number of piperidine rings is 2. The number of nitrogens with one attached hydrogen (secondary N) is 1. The van der Waals surface area contributed by atoms with Gasteiger partial charge in [0, 0.05) is 25.7 Å². The quantitative estimate of drug-likeness (QED) is 0.883. The van der Waals surface area contributed by atoms with Gasteiger partial charge in [-0.15, -0.1) is 0 Å². The molecule has 0 atom stereocenters. The molecule has 4 saturated heterocycles. The fraction of sp³-hybridized carbons (Fsp3) is 0.727. The average molecular weight is 369 g/mol. The van der Waals surface area contributed by atoms with Gasteiger partial charge in [-0.2, -0.15) is 0 Å². The number of fused-ring (bicyclic) bond motifs is 7. The second-order valence-electron chi connectivity index (χ2n) is 9.35. The predicted octanol–water partition coefficient (Wildman–Crippen LogP) is 3.52. The van der Waals surface area contributed by atoms with Crippen LogP contribution in [0.3, 0.4) is 0 Å². The molecule has 6 aliphatic rings. The van der Waals surface area contributed by atoms with E-state index in [0.29, 0.717) is 12.6 Å². The van der Waals surface area contributed by atoms with E-state index < -0.39 is 0 Å². The first-order valence-electron chi connectivity index (χ1n) is 11.0. The number of amides is 1. The number of pyridine rings is 1. The van der Waals surface area contributed by atoms with Crippen molar-refractivity contribution in [3.63, 3.8) is 0 Å². The number of carbonyl (C=O) groups is 1. The van der Waals surface area contributed by atoms with Gasteiger partial charge >= 0.3 is 0 Å². The van der Waals surface area contributed by atoms with Crippen molar-refractivity contribution in [2.24, 2.45) is 17.8 Å². The molecule has 5 nitrogen and oxygen atoms in total. The minimum Gasteiger partial charge on any atom is -0.356 e. The monoisotopic (exact) mass is 368 g/mol. The Morgan fingerprint density at radius 1 is 0.926 bits per heavy atom. The number of hydrogen-bond donors (Lipinski definition) is 1. The molecule has 0 radical (unpaired) electrons. The Labute approximate surface area is 162 Å². The van der Waals surface area contributed by atoms with Gasteiger partial charge in [-0.05, 0) is 81.3 Å². The molecule has 6 fully saturated rings. The van der Waals surface area contributed by atoms with Crippen molar-refractivity contribution >= 4 is 17.4 Å². The largest absolute Gasteiger partial charge is 0.356 e. The summed E-state index contributed by atoms with van der Waals surface area (Å²) >= 11 is 0. The average Bonchev–Trinajstić information content (AvgIpc) is 3.03. The van der Waals surface area contributed by atoms with Crippen LogP contribution in [0.25, 0.3) is 0 Å². The van der Waals surface area contributed by atoms with E-state index in [1.165, 1.54) is 51.4 Å². The minimum absolute atomic E-state index is 0.102. The molecule has 1 N–H and O–H groups in total. The molecular formula is C22H32N4O. The lowest BCUT2D eigenvalue weighted by Crippen LogP contribution is -2.50. The Balaban J connectivity index is 1.17. The van der Waals surface area contributed by atoms with Crippen LogP contribution in [0.4, 0.5) is 11.5 Å². The third-order valence-electron chi connectivity index (χ3n) is 7.45. The van der Waals surface area contributed by atoms with Crippen molar-refractivity contribution in [2.75, 3.05) is 36.4 Å². The van der Waals surface area contributed by atoms with Gasteiger partial charge in [0.15, 0.2) is 0 Å². The van der Waals surface area contributed by atoms with Crippen molar-refractivity contribution in [1.82, 2.24) is 9.88 Å². The van der Waals surface area contributed by atoms with Gasteiger partial charge in [-0.3, -0.25) is 9.69 Å². The van der Waals surface area contributed by atoms with Crippen LogP contribution in [0.15, 0.2) is 18.3 Å². The van der Waals surface area contributed by atoms with Crippen LogP contribution in [0.1, 0.15) is 51.4 Å². The molecule has 5 heterocycles. The van der Waals surface area contributed by atoms with Crippen LogP contribution in [-0.4, -0.2) is 48.0 Å². The first-order chi connectivity index (χ1) is 13.2. The summed E-state index contributed by atoms with van der Waals surface area (Å²) in [6.07, 6.45) is 12.6. The van der Waals surface area contributed by atoms with Crippen molar-refractivity contribution in [2.45, 2.75) is 57.4 Å². The molecule has 7 rings (SSSR count). The molecular weight excluding hydrogens is 336 g/mol. The lowest BCUT2D eigenvalue weighted by atomic mass is 9.80. The van der Waals surface area contributed by atoms with E-state index in [-0.39, 0.29) is 5.91 Å². The van der Waals surface area contributed by atoms with Gasteiger partial charge in [0.2, 0.25) is 5.91 Å². The van der Waals surface area contributed by atoms with Crippen molar-refractivity contribution in [3.8, 4) is 0 Å². The van der Waals surface area contributed by atoms with Crippen molar-refractivity contribution in [1.29, 1.82) is 0 Å². The van der Waals surface area contributed by atoms with Crippen molar-refractivity contribution in [3.05, 3.63) is 18.3 Å². The number of anilines is 2. The summed E-state index contributed by atoms with van der Waals surface area (Å²) in [6.45, 7) is 3.92. The fourth-order valence-electron chi connectivity index (χ4n) is 5.88. The maximum atomic E-state index is 12.5. The van der Waals surface area contributed by atoms with Crippen LogP contribution in [0.5, 0.6) is 0 Å². The maximum absolute atomic E-state index is 12.5. The summed E-state index contributed by atoms with van der Waals surface area (Å²) in [4.78, 5) is 22.0. The Hall–Kier alpha value is -1.62. The third-order valence-corrected chi connectivity index (χ3v) is 7.45. The standard InChI is InChI=1S/C22H32N4O/c27-22(15-25-12-18-5-8-20(25)9-6-18)24-19-7-10-21(23-11-19)26-13-16-1-2-17(14-26)4-3-16/h7,10-11,16-18,20H,1-6,8-9,12-15H2,(H,24,27). The van der Waals surface area contributed by atoms with Gasteiger partial charge in [0.1, 0.15) is 5.82 Å². The number of aromatic nitrogens is 1. The van der Waals surface area contributed by atoms with Gasteiger partial charge in [-0.1, -0.05) is 0 Å². The SMILES string of the molecule is O=C(CN1CC2CCC1CC2)Nc1ccc(N2CC3CCC(CC3)C2)nc1. The highest BCUT2D eigenvalue weighted by molar-refractivity contribution is 5.92. The van der Waals surface area contributed by atoms with Crippen molar-refractivity contribution < 1.29 is 4.79 Å². The maximum Gasteiger partial charge on any atom is 0.238 e. The highest BCUT2D eigenvalue weighted by Crippen LogP contribution is 2.36. The molecule has 2 aliphatic carbocycles. The number of rotatable bonds is 4. The zero-order valence-corrected chi connectivity index (χ0v) is 16.3. The van der Waals surface area contributed by atoms with Gasteiger partial charge in [0.25, 0.3) is 0 Å². The van der Waals surface area contributed by atoms with E-state index in [4.69, 9.17) is 0 Å². The summed E-state index contributed by atoms with van der Waals surface area (Å²) in [6, 6.07) is 4.73. The number of hydrogen-bond acceptors (Lipinski definition) is 4. The minimum atomic E-state index is 0.102. The molecule has 146 valence electrons. The Bertz CT molecular complexity index is 645. The Morgan fingerprint density at radius 2 is 1.56 bits per heavy atom. The van der Waals surface area contributed by atoms with Crippen LogP contribution in [0.2, 0.25) is 0 Å². The van der Waals surface area contributed by atoms with E-state index in [1.54, 1.807) is 0 Å².